The van der Waals surface area contributed by atoms with E-state index in [-0.39, 0.29) is 34.3 Å². The molecule has 35 heavy (non-hydrogen) atoms. The maximum Gasteiger partial charge on any atom is 0.312 e. The van der Waals surface area contributed by atoms with Gasteiger partial charge in [0.25, 0.3) is 0 Å². The number of phenolic OH excluding ortho intramolecular Hbond substituents is 1. The van der Waals surface area contributed by atoms with E-state index in [2.05, 4.69) is 4.98 Å². The Morgan fingerprint density at radius 3 is 2.69 bits per heavy atom. The van der Waals surface area contributed by atoms with Crippen molar-refractivity contribution in [2.75, 3.05) is 7.11 Å². The zero-order valence-corrected chi connectivity index (χ0v) is 18.6. The summed E-state index contributed by atoms with van der Waals surface area (Å²) in [6, 6.07) is 17.9. The third kappa shape index (κ3) is 3.40. The molecular weight excluding hydrogens is 446 g/mol. The average Bonchev–Trinajstić information content (AvgIpc) is 2.88. The van der Waals surface area contributed by atoms with E-state index in [0.29, 0.717) is 22.4 Å². The molecule has 0 bridgehead atoms. The molecule has 0 amide bonds. The van der Waals surface area contributed by atoms with Crippen LogP contribution >= 0.6 is 0 Å². The number of rotatable bonds is 3. The highest BCUT2D eigenvalue weighted by Crippen LogP contribution is 2.46. The van der Waals surface area contributed by atoms with Gasteiger partial charge in [0.2, 0.25) is 5.43 Å². The van der Waals surface area contributed by atoms with Crippen LogP contribution in [-0.2, 0) is 4.79 Å². The van der Waals surface area contributed by atoms with Crippen LogP contribution < -0.4 is 14.9 Å². The molecule has 0 radical (unpaired) electrons. The summed E-state index contributed by atoms with van der Waals surface area (Å²) in [5, 5.41) is 11.7. The summed E-state index contributed by atoms with van der Waals surface area (Å²) >= 11 is 0. The molecule has 172 valence electrons. The number of pyridine rings is 1. The van der Waals surface area contributed by atoms with Crippen LogP contribution in [-0.4, -0.2) is 23.2 Å². The summed E-state index contributed by atoms with van der Waals surface area (Å²) in [6.07, 6.45) is 3.17. The highest BCUT2D eigenvalue weighted by Gasteiger charge is 2.33. The van der Waals surface area contributed by atoms with Crippen LogP contribution in [0.3, 0.4) is 0 Å². The number of carbonyl (C=O) groups is 1. The molecule has 0 saturated carbocycles. The summed E-state index contributed by atoms with van der Waals surface area (Å²) < 4.78 is 16.6. The Kier molecular flexibility index (Phi) is 4.77. The summed E-state index contributed by atoms with van der Waals surface area (Å²) in [7, 11) is 1.57. The largest absolute Gasteiger partial charge is 0.507 e. The van der Waals surface area contributed by atoms with Gasteiger partial charge in [-0.25, -0.2) is 0 Å². The molecule has 7 heteroatoms. The number of hydrogen-bond donors (Lipinski definition) is 1. The number of methoxy groups -OCH3 is 1. The summed E-state index contributed by atoms with van der Waals surface area (Å²) in [5.74, 6) is -0.313. The van der Waals surface area contributed by atoms with Crippen LogP contribution in [0, 0.1) is 0 Å². The number of aromatic nitrogens is 1. The fourth-order valence-corrected chi connectivity index (χ4v) is 4.70. The van der Waals surface area contributed by atoms with Gasteiger partial charge in [0, 0.05) is 29.1 Å². The van der Waals surface area contributed by atoms with E-state index in [1.165, 1.54) is 12.3 Å². The Hall–Kier alpha value is -4.65. The zero-order chi connectivity index (χ0) is 24.1. The average molecular weight is 465 g/mol. The molecule has 0 fully saturated rings. The number of fused-ring (bicyclic) bond motifs is 4. The Balaban J connectivity index is 1.57. The van der Waals surface area contributed by atoms with Crippen molar-refractivity contribution in [1.29, 1.82) is 0 Å². The van der Waals surface area contributed by atoms with Gasteiger partial charge in [-0.1, -0.05) is 24.3 Å². The molecule has 3 heterocycles. The molecular formula is C28H19NO6. The minimum absolute atomic E-state index is 0.0440. The minimum atomic E-state index is -0.426. The van der Waals surface area contributed by atoms with Crippen molar-refractivity contribution in [1.82, 2.24) is 4.98 Å². The fourth-order valence-electron chi connectivity index (χ4n) is 4.70. The molecule has 5 aromatic rings. The number of ether oxygens (including phenoxy) is 2. The Morgan fingerprint density at radius 1 is 1.06 bits per heavy atom. The van der Waals surface area contributed by atoms with E-state index in [4.69, 9.17) is 13.9 Å². The Labute approximate surface area is 199 Å². The second-order valence-corrected chi connectivity index (χ2v) is 8.40. The number of aromatic hydroxyl groups is 1. The van der Waals surface area contributed by atoms with Gasteiger partial charge in [-0.2, -0.15) is 0 Å². The first-order valence-corrected chi connectivity index (χ1v) is 11.0. The van der Waals surface area contributed by atoms with E-state index in [0.717, 1.165) is 16.5 Å². The molecule has 1 atom stereocenters. The van der Waals surface area contributed by atoms with Crippen LogP contribution in [0.2, 0.25) is 0 Å². The molecule has 1 N–H and O–H groups in total. The van der Waals surface area contributed by atoms with Crippen LogP contribution in [0.4, 0.5) is 0 Å². The van der Waals surface area contributed by atoms with Gasteiger partial charge in [0.15, 0.2) is 0 Å². The minimum Gasteiger partial charge on any atom is -0.507 e. The quantitative estimate of drug-likeness (QED) is 0.290. The molecule has 0 saturated heterocycles. The molecule has 1 aliphatic heterocycles. The van der Waals surface area contributed by atoms with E-state index in [1.807, 2.05) is 30.3 Å². The summed E-state index contributed by atoms with van der Waals surface area (Å²) in [6.45, 7) is 0. The van der Waals surface area contributed by atoms with E-state index in [9.17, 15) is 14.7 Å². The number of hydrogen-bond acceptors (Lipinski definition) is 7. The van der Waals surface area contributed by atoms with Crippen molar-refractivity contribution < 1.29 is 23.8 Å². The van der Waals surface area contributed by atoms with Crippen molar-refractivity contribution in [3.05, 3.63) is 94.5 Å². The van der Waals surface area contributed by atoms with Crippen molar-refractivity contribution in [2.24, 2.45) is 0 Å². The number of phenols is 1. The molecule has 0 spiro atoms. The van der Waals surface area contributed by atoms with E-state index < -0.39 is 11.9 Å². The lowest BCUT2D eigenvalue weighted by molar-refractivity contribution is -0.135. The maximum atomic E-state index is 13.5. The van der Waals surface area contributed by atoms with Gasteiger partial charge < -0.3 is 19.0 Å². The molecule has 2 aromatic heterocycles. The highest BCUT2D eigenvalue weighted by atomic mass is 16.5. The lowest BCUT2D eigenvalue weighted by Gasteiger charge is -2.26. The third-order valence-corrected chi connectivity index (χ3v) is 6.40. The first-order valence-electron chi connectivity index (χ1n) is 11.0. The molecule has 0 aliphatic carbocycles. The summed E-state index contributed by atoms with van der Waals surface area (Å²) in [5.41, 5.74) is 3.00. The fraction of sp³-hybridized carbons (Fsp3) is 0.107. The Morgan fingerprint density at radius 2 is 1.89 bits per heavy atom. The molecule has 3 aromatic carbocycles. The van der Waals surface area contributed by atoms with Crippen molar-refractivity contribution >= 4 is 27.8 Å². The predicted octanol–water partition coefficient (Wildman–Crippen LogP) is 5.16. The first kappa shape index (κ1) is 20.9. The number of carbonyl (C=O) groups excluding carboxylic acids is 1. The van der Waals surface area contributed by atoms with Gasteiger partial charge in [0.1, 0.15) is 34.5 Å². The Bertz CT molecular complexity index is 1690. The maximum absolute atomic E-state index is 13.5. The topological polar surface area (TPSA) is 98.9 Å². The van der Waals surface area contributed by atoms with E-state index in [1.54, 1.807) is 37.6 Å². The SMILES string of the molecule is COc1ccc(-c2coc3c4c(cc(O)c3c2=O)OC(=O)C[C@H]4c2ccc3ncccc3c2)cc1. The number of benzene rings is 3. The van der Waals surface area contributed by atoms with Crippen LogP contribution in [0.1, 0.15) is 23.5 Å². The molecule has 1 aliphatic rings. The van der Waals surface area contributed by atoms with Gasteiger partial charge in [-0.15, -0.1) is 0 Å². The standard InChI is InChI=1S/C28H19NO6/c1-33-18-7-4-15(5-8-18)20-14-34-28-25-19(16-6-9-21-17(11-16)3-2-10-29-21)12-24(31)35-23(25)13-22(30)26(28)27(20)32/h2-11,13-14,19,30H,12H2,1H3/t19-/m0/s1. The monoisotopic (exact) mass is 465 g/mol. The second-order valence-electron chi connectivity index (χ2n) is 8.40. The van der Waals surface area contributed by atoms with Crippen molar-refractivity contribution in [3.8, 4) is 28.4 Å². The molecule has 0 unspecified atom stereocenters. The van der Waals surface area contributed by atoms with E-state index >= 15 is 0 Å². The molecule has 6 rings (SSSR count). The number of esters is 1. The summed E-state index contributed by atoms with van der Waals surface area (Å²) in [4.78, 5) is 30.3. The van der Waals surface area contributed by atoms with Gasteiger partial charge in [-0.05, 0) is 41.5 Å². The highest BCUT2D eigenvalue weighted by molar-refractivity contribution is 5.94. The smallest absolute Gasteiger partial charge is 0.312 e. The first-order chi connectivity index (χ1) is 17.0. The second kappa shape index (κ2) is 7.99. The van der Waals surface area contributed by atoms with Crippen molar-refractivity contribution in [3.63, 3.8) is 0 Å². The van der Waals surface area contributed by atoms with Gasteiger partial charge in [0.05, 0.1) is 24.6 Å². The normalized spacial score (nSPS) is 15.1. The zero-order valence-electron chi connectivity index (χ0n) is 18.6. The molecule has 7 nitrogen and oxygen atoms in total. The lowest BCUT2D eigenvalue weighted by Crippen LogP contribution is -2.22. The van der Waals surface area contributed by atoms with Crippen molar-refractivity contribution in [2.45, 2.75) is 12.3 Å². The van der Waals surface area contributed by atoms with Gasteiger partial charge in [-0.3, -0.25) is 14.6 Å². The van der Waals surface area contributed by atoms with Crippen LogP contribution in [0.5, 0.6) is 17.2 Å². The van der Waals surface area contributed by atoms with Gasteiger partial charge >= 0.3 is 5.97 Å². The van der Waals surface area contributed by atoms with Crippen LogP contribution in [0.25, 0.3) is 33.0 Å². The van der Waals surface area contributed by atoms with Crippen LogP contribution in [0.15, 0.2) is 82.3 Å². The predicted molar refractivity (Wildman–Crippen MR) is 130 cm³/mol. The lowest BCUT2D eigenvalue weighted by atomic mass is 9.84. The number of nitrogens with zero attached hydrogens (tertiary/aromatic N) is 1. The third-order valence-electron chi connectivity index (χ3n) is 6.40.